The van der Waals surface area contributed by atoms with Crippen LogP contribution in [0.5, 0.6) is 5.75 Å². The highest BCUT2D eigenvalue weighted by molar-refractivity contribution is 7.91. The highest BCUT2D eigenvalue weighted by Gasteiger charge is 2.31. The lowest BCUT2D eigenvalue weighted by atomic mass is 10.0. The van der Waals surface area contributed by atoms with Crippen LogP contribution in [-0.2, 0) is 29.7 Å². The zero-order chi connectivity index (χ0) is 23.4. The van der Waals surface area contributed by atoms with E-state index in [9.17, 15) is 18.3 Å². The largest absolute Gasteiger partial charge is 0.493 e. The van der Waals surface area contributed by atoms with E-state index in [2.05, 4.69) is 0 Å². The molecule has 0 saturated heterocycles. The molecule has 0 spiro atoms. The molecule has 1 heterocycles. The molecule has 0 aromatic heterocycles. The number of aryl methyl sites for hydroxylation is 2. The Labute approximate surface area is 192 Å². The quantitative estimate of drug-likeness (QED) is 0.472. The molecule has 0 fully saturated rings. The predicted octanol–water partition coefficient (Wildman–Crippen LogP) is 3.16. The standard InChI is InChI=1S/C24H23N3O5S/c25-24(29)20-8-4-7-17(13-20)9-10-18-11-12-21(27-15-23(28)26-33(27,30)31)22(14-18)32-16-19-5-2-1-3-6-19/h1-8,11-15,26,28H,9-10,16H2,(H2,25,29). The molecule has 0 unspecified atom stereocenters. The van der Waals surface area contributed by atoms with Crippen LogP contribution in [0.25, 0.3) is 0 Å². The van der Waals surface area contributed by atoms with E-state index >= 15 is 0 Å². The fourth-order valence-corrected chi connectivity index (χ4v) is 4.57. The van der Waals surface area contributed by atoms with Gasteiger partial charge in [0.15, 0.2) is 0 Å². The summed E-state index contributed by atoms with van der Waals surface area (Å²) >= 11 is 0. The summed E-state index contributed by atoms with van der Waals surface area (Å²) in [6, 6.07) is 21.9. The average molecular weight is 466 g/mol. The summed E-state index contributed by atoms with van der Waals surface area (Å²) < 4.78 is 33.8. The molecule has 1 aliphatic rings. The third-order valence-corrected chi connectivity index (χ3v) is 6.43. The fraction of sp³-hybridized carbons (Fsp3) is 0.125. The third-order valence-electron chi connectivity index (χ3n) is 5.14. The summed E-state index contributed by atoms with van der Waals surface area (Å²) in [7, 11) is -3.96. The number of aliphatic hydroxyl groups excluding tert-OH is 1. The molecular weight excluding hydrogens is 442 g/mol. The lowest BCUT2D eigenvalue weighted by molar-refractivity contribution is 0.1000. The molecule has 8 nitrogen and oxygen atoms in total. The van der Waals surface area contributed by atoms with E-state index in [1.54, 1.807) is 36.4 Å². The summed E-state index contributed by atoms with van der Waals surface area (Å²) in [4.78, 5) is 11.4. The number of ether oxygens (including phenoxy) is 1. The van der Waals surface area contributed by atoms with E-state index in [-0.39, 0.29) is 12.3 Å². The Kier molecular flexibility index (Phi) is 6.23. The van der Waals surface area contributed by atoms with Crippen molar-refractivity contribution < 1.29 is 23.1 Å². The number of aliphatic hydroxyl groups is 1. The van der Waals surface area contributed by atoms with Crippen molar-refractivity contribution in [2.75, 3.05) is 4.31 Å². The second kappa shape index (κ2) is 9.25. The maximum Gasteiger partial charge on any atom is 0.330 e. The van der Waals surface area contributed by atoms with Crippen LogP contribution in [0.1, 0.15) is 27.0 Å². The van der Waals surface area contributed by atoms with Crippen LogP contribution in [-0.4, -0.2) is 19.4 Å². The third kappa shape index (κ3) is 5.27. The first-order valence-corrected chi connectivity index (χ1v) is 11.7. The molecule has 0 saturated carbocycles. The van der Waals surface area contributed by atoms with Gasteiger partial charge >= 0.3 is 10.2 Å². The van der Waals surface area contributed by atoms with Crippen LogP contribution in [0.3, 0.4) is 0 Å². The number of hydrogen-bond donors (Lipinski definition) is 3. The number of carbonyl (C=O) groups excluding carboxylic acids is 1. The van der Waals surface area contributed by atoms with Gasteiger partial charge in [0.2, 0.25) is 11.8 Å². The molecule has 1 amide bonds. The topological polar surface area (TPSA) is 122 Å². The molecule has 0 atom stereocenters. The molecular formula is C24H23N3O5S. The first-order valence-electron chi connectivity index (χ1n) is 10.2. The number of nitrogens with two attached hydrogens (primary N) is 1. The average Bonchev–Trinajstić information content (AvgIpc) is 3.08. The van der Waals surface area contributed by atoms with Gasteiger partial charge < -0.3 is 15.6 Å². The molecule has 4 rings (SSSR count). The number of amides is 1. The minimum absolute atomic E-state index is 0.245. The highest BCUT2D eigenvalue weighted by atomic mass is 32.2. The van der Waals surface area contributed by atoms with Gasteiger partial charge in [0, 0.05) is 5.56 Å². The van der Waals surface area contributed by atoms with Gasteiger partial charge in [-0.1, -0.05) is 48.5 Å². The van der Waals surface area contributed by atoms with Crippen molar-refractivity contribution in [3.05, 3.63) is 107 Å². The normalized spacial score (nSPS) is 14.4. The zero-order valence-corrected chi connectivity index (χ0v) is 18.5. The second-order valence-electron chi connectivity index (χ2n) is 7.56. The summed E-state index contributed by atoms with van der Waals surface area (Å²) in [5.74, 6) is -0.587. The number of hydrogen-bond acceptors (Lipinski definition) is 5. The molecule has 4 N–H and O–H groups in total. The van der Waals surface area contributed by atoms with Gasteiger partial charge in [0.1, 0.15) is 18.0 Å². The Morgan fingerprint density at radius 3 is 2.30 bits per heavy atom. The van der Waals surface area contributed by atoms with Crippen LogP contribution < -0.4 is 19.5 Å². The number of primary amides is 1. The lowest BCUT2D eigenvalue weighted by Gasteiger charge is -2.19. The summed E-state index contributed by atoms with van der Waals surface area (Å²) in [6.45, 7) is 0.245. The van der Waals surface area contributed by atoms with Crippen molar-refractivity contribution in [1.29, 1.82) is 0 Å². The molecule has 170 valence electrons. The molecule has 0 bridgehead atoms. The molecule has 3 aromatic rings. The van der Waals surface area contributed by atoms with Gasteiger partial charge in [-0.3, -0.25) is 4.79 Å². The van der Waals surface area contributed by atoms with Crippen LogP contribution >= 0.6 is 0 Å². The summed E-state index contributed by atoms with van der Waals surface area (Å²) in [5.41, 5.74) is 8.90. The summed E-state index contributed by atoms with van der Waals surface area (Å²) in [6.07, 6.45) is 2.38. The van der Waals surface area contributed by atoms with Gasteiger partial charge in [-0.15, -0.1) is 0 Å². The predicted molar refractivity (Wildman–Crippen MR) is 125 cm³/mol. The number of benzene rings is 3. The van der Waals surface area contributed by atoms with Crippen molar-refractivity contribution in [2.45, 2.75) is 19.4 Å². The Morgan fingerprint density at radius 1 is 0.939 bits per heavy atom. The molecule has 3 aromatic carbocycles. The van der Waals surface area contributed by atoms with E-state index in [1.165, 1.54) is 0 Å². The molecule has 1 aliphatic heterocycles. The smallest absolute Gasteiger partial charge is 0.330 e. The number of nitrogens with zero attached hydrogens (tertiary/aromatic N) is 1. The first kappa shape index (κ1) is 22.2. The van der Waals surface area contributed by atoms with Crippen LogP contribution in [0, 0.1) is 0 Å². The van der Waals surface area contributed by atoms with Crippen molar-refractivity contribution in [3.63, 3.8) is 0 Å². The molecule has 33 heavy (non-hydrogen) atoms. The second-order valence-corrected chi connectivity index (χ2v) is 9.11. The highest BCUT2D eigenvalue weighted by Crippen LogP contribution is 2.34. The van der Waals surface area contributed by atoms with Gasteiger partial charge in [-0.25, -0.2) is 9.03 Å². The Bertz CT molecular complexity index is 1310. The number of nitrogens with one attached hydrogen (secondary N) is 1. The maximum atomic E-state index is 12.4. The SMILES string of the molecule is NC(=O)c1cccc(CCc2ccc(N3C=C(O)NS3(=O)=O)c(OCc3ccccc3)c2)c1. The van der Waals surface area contributed by atoms with E-state index in [4.69, 9.17) is 10.5 Å². The zero-order valence-electron chi connectivity index (χ0n) is 17.6. The fourth-order valence-electron chi connectivity index (χ4n) is 3.50. The van der Waals surface area contributed by atoms with Gasteiger partial charge in [-0.2, -0.15) is 8.42 Å². The number of carbonyl (C=O) groups is 1. The lowest BCUT2D eigenvalue weighted by Crippen LogP contribution is -2.30. The van der Waals surface area contributed by atoms with Crippen molar-refractivity contribution in [1.82, 2.24) is 4.72 Å². The van der Waals surface area contributed by atoms with E-state index in [1.807, 2.05) is 41.1 Å². The summed E-state index contributed by atoms with van der Waals surface area (Å²) in [5, 5.41) is 9.68. The van der Waals surface area contributed by atoms with Gasteiger partial charge in [0.05, 0.1) is 6.20 Å². The molecule has 0 radical (unpaired) electrons. The van der Waals surface area contributed by atoms with Crippen molar-refractivity contribution >= 4 is 21.8 Å². The maximum absolute atomic E-state index is 12.4. The minimum Gasteiger partial charge on any atom is -0.493 e. The number of rotatable bonds is 8. The Balaban J connectivity index is 1.60. The van der Waals surface area contributed by atoms with Crippen LogP contribution in [0.4, 0.5) is 5.69 Å². The monoisotopic (exact) mass is 465 g/mol. The first-order chi connectivity index (χ1) is 15.8. The van der Waals surface area contributed by atoms with Crippen LogP contribution in [0.15, 0.2) is 84.9 Å². The van der Waals surface area contributed by atoms with Gasteiger partial charge in [-0.05, 0) is 53.8 Å². The van der Waals surface area contributed by atoms with E-state index in [0.717, 1.165) is 27.2 Å². The Hall–Kier alpha value is -3.98. The molecule has 9 heteroatoms. The van der Waals surface area contributed by atoms with E-state index < -0.39 is 22.0 Å². The minimum atomic E-state index is -3.96. The van der Waals surface area contributed by atoms with Crippen LogP contribution in [0.2, 0.25) is 0 Å². The van der Waals surface area contributed by atoms with Crippen molar-refractivity contribution in [2.24, 2.45) is 5.73 Å². The number of anilines is 1. The van der Waals surface area contributed by atoms with Crippen molar-refractivity contribution in [3.8, 4) is 5.75 Å². The molecule has 0 aliphatic carbocycles. The Morgan fingerprint density at radius 2 is 1.64 bits per heavy atom. The van der Waals surface area contributed by atoms with Gasteiger partial charge in [0.25, 0.3) is 0 Å². The van der Waals surface area contributed by atoms with E-state index in [0.29, 0.717) is 24.2 Å².